The summed E-state index contributed by atoms with van der Waals surface area (Å²) in [6, 6.07) is 5.09. The minimum absolute atomic E-state index is 0.0186. The quantitative estimate of drug-likeness (QED) is 0.840. The Labute approximate surface area is 104 Å². The van der Waals surface area contributed by atoms with Crippen LogP contribution < -0.4 is 5.73 Å². The van der Waals surface area contributed by atoms with Crippen LogP contribution in [0, 0.1) is 0 Å². The molecule has 1 aromatic rings. The van der Waals surface area contributed by atoms with E-state index in [0.29, 0.717) is 23.1 Å². The van der Waals surface area contributed by atoms with Gasteiger partial charge in [0, 0.05) is 23.1 Å². The maximum absolute atomic E-state index is 11.3. The van der Waals surface area contributed by atoms with Crippen LogP contribution in [-0.2, 0) is 11.2 Å². The fourth-order valence-corrected chi connectivity index (χ4v) is 2.21. The van der Waals surface area contributed by atoms with Gasteiger partial charge in [-0.2, -0.15) is 0 Å². The lowest BCUT2D eigenvalue weighted by atomic mass is 10.1. The maximum Gasteiger partial charge on any atom is 0.241 e. The summed E-state index contributed by atoms with van der Waals surface area (Å²) in [6.45, 7) is 1.30. The van der Waals surface area contributed by atoms with Gasteiger partial charge >= 0.3 is 0 Å². The van der Waals surface area contributed by atoms with Crippen molar-refractivity contribution in [3.8, 4) is 0 Å². The fraction of sp³-hybridized carbons (Fsp3) is 0.364. The Kier molecular flexibility index (Phi) is 3.38. The van der Waals surface area contributed by atoms with Crippen molar-refractivity contribution in [2.75, 3.05) is 13.1 Å². The second-order valence-electron chi connectivity index (χ2n) is 3.88. The Morgan fingerprint density at radius 2 is 2.19 bits per heavy atom. The molecule has 1 aliphatic heterocycles. The molecule has 2 rings (SSSR count). The first-order chi connectivity index (χ1) is 7.58. The van der Waals surface area contributed by atoms with E-state index in [1.165, 1.54) is 0 Å². The highest BCUT2D eigenvalue weighted by molar-refractivity contribution is 6.35. The van der Waals surface area contributed by atoms with Gasteiger partial charge in [-0.05, 0) is 24.1 Å². The van der Waals surface area contributed by atoms with Crippen LogP contribution in [0.25, 0.3) is 0 Å². The van der Waals surface area contributed by atoms with Gasteiger partial charge in [-0.3, -0.25) is 4.79 Å². The largest absolute Gasteiger partial charge is 0.339 e. The van der Waals surface area contributed by atoms with Crippen LogP contribution in [0.2, 0.25) is 10.0 Å². The zero-order valence-electron chi connectivity index (χ0n) is 8.62. The van der Waals surface area contributed by atoms with Gasteiger partial charge in [0.05, 0.1) is 0 Å². The van der Waals surface area contributed by atoms with E-state index in [-0.39, 0.29) is 11.9 Å². The standard InChI is InChI=1S/C11H12Cl2N2O/c12-8-2-1-7(9(13)5-8)3-4-15-6-10(14)11(15)16/h1-2,5,10H,3-4,6,14H2. The smallest absolute Gasteiger partial charge is 0.241 e. The lowest BCUT2D eigenvalue weighted by Crippen LogP contribution is -2.61. The van der Waals surface area contributed by atoms with Gasteiger partial charge in [0.25, 0.3) is 0 Å². The Bertz CT molecular complexity index is 422. The number of hydrogen-bond acceptors (Lipinski definition) is 2. The lowest BCUT2D eigenvalue weighted by Gasteiger charge is -2.36. The van der Waals surface area contributed by atoms with E-state index in [0.717, 1.165) is 12.0 Å². The third kappa shape index (κ3) is 2.32. The Hall–Kier alpha value is -0.770. The second-order valence-corrected chi connectivity index (χ2v) is 4.72. The van der Waals surface area contributed by atoms with Crippen molar-refractivity contribution in [3.63, 3.8) is 0 Å². The van der Waals surface area contributed by atoms with Gasteiger partial charge in [0.15, 0.2) is 0 Å². The van der Waals surface area contributed by atoms with Crippen molar-refractivity contribution in [2.24, 2.45) is 5.73 Å². The summed E-state index contributed by atoms with van der Waals surface area (Å²) in [5, 5.41) is 1.26. The molecule has 1 heterocycles. The number of carbonyl (C=O) groups is 1. The molecular formula is C11H12Cl2N2O. The molecule has 1 saturated heterocycles. The fourth-order valence-electron chi connectivity index (χ4n) is 1.71. The molecule has 1 aliphatic rings. The number of amides is 1. The second kappa shape index (κ2) is 4.62. The molecule has 0 aromatic heterocycles. The van der Waals surface area contributed by atoms with Crippen LogP contribution in [0.3, 0.4) is 0 Å². The van der Waals surface area contributed by atoms with Crippen LogP contribution in [0.1, 0.15) is 5.56 Å². The van der Waals surface area contributed by atoms with Gasteiger partial charge in [0.2, 0.25) is 5.91 Å². The molecule has 3 nitrogen and oxygen atoms in total. The number of rotatable bonds is 3. The highest BCUT2D eigenvalue weighted by atomic mass is 35.5. The third-order valence-corrected chi connectivity index (χ3v) is 3.30. The number of hydrogen-bond donors (Lipinski definition) is 1. The summed E-state index contributed by atoms with van der Waals surface area (Å²) < 4.78 is 0. The van der Waals surface area contributed by atoms with E-state index in [9.17, 15) is 4.79 Å². The third-order valence-electron chi connectivity index (χ3n) is 2.71. The molecule has 1 atom stereocenters. The van der Waals surface area contributed by atoms with E-state index in [1.54, 1.807) is 17.0 Å². The molecule has 0 bridgehead atoms. The highest BCUT2D eigenvalue weighted by Gasteiger charge is 2.32. The van der Waals surface area contributed by atoms with Gasteiger partial charge < -0.3 is 10.6 Å². The Balaban J connectivity index is 1.93. The summed E-state index contributed by atoms with van der Waals surface area (Å²) in [5.41, 5.74) is 6.50. The molecule has 0 saturated carbocycles. The monoisotopic (exact) mass is 258 g/mol. The van der Waals surface area contributed by atoms with Crippen molar-refractivity contribution in [1.82, 2.24) is 4.90 Å². The number of β-lactam (4-membered cyclic amide) rings is 1. The summed E-state index contributed by atoms with van der Waals surface area (Å²) in [6.07, 6.45) is 0.731. The number of nitrogens with two attached hydrogens (primary N) is 1. The molecule has 1 aromatic carbocycles. The minimum Gasteiger partial charge on any atom is -0.339 e. The lowest BCUT2D eigenvalue weighted by molar-refractivity contribution is -0.142. The van der Waals surface area contributed by atoms with Crippen molar-refractivity contribution < 1.29 is 4.79 Å². The van der Waals surface area contributed by atoms with Gasteiger partial charge in [-0.15, -0.1) is 0 Å². The van der Waals surface area contributed by atoms with Crippen LogP contribution in [-0.4, -0.2) is 29.9 Å². The molecule has 1 unspecified atom stereocenters. The molecule has 1 amide bonds. The Morgan fingerprint density at radius 1 is 1.44 bits per heavy atom. The van der Waals surface area contributed by atoms with Gasteiger partial charge in [0.1, 0.15) is 6.04 Å². The zero-order valence-corrected chi connectivity index (χ0v) is 10.1. The average Bonchev–Trinajstić information content (AvgIpc) is 2.25. The van der Waals surface area contributed by atoms with Crippen molar-refractivity contribution in [2.45, 2.75) is 12.5 Å². The summed E-state index contributed by atoms with van der Waals surface area (Å²) >= 11 is 11.8. The molecule has 1 fully saturated rings. The maximum atomic E-state index is 11.3. The summed E-state index contributed by atoms with van der Waals surface area (Å²) in [5.74, 6) is 0.0186. The number of nitrogens with zero attached hydrogens (tertiary/aromatic N) is 1. The molecule has 5 heteroatoms. The minimum atomic E-state index is -0.305. The van der Waals surface area contributed by atoms with E-state index in [4.69, 9.17) is 28.9 Å². The molecular weight excluding hydrogens is 247 g/mol. The number of halogens is 2. The van der Waals surface area contributed by atoms with Crippen molar-refractivity contribution in [1.29, 1.82) is 0 Å². The van der Waals surface area contributed by atoms with Gasteiger partial charge in [-0.25, -0.2) is 0 Å². The Morgan fingerprint density at radius 3 is 2.75 bits per heavy atom. The van der Waals surface area contributed by atoms with Crippen molar-refractivity contribution in [3.05, 3.63) is 33.8 Å². The summed E-state index contributed by atoms with van der Waals surface area (Å²) in [4.78, 5) is 13.0. The van der Waals surface area contributed by atoms with Crippen LogP contribution in [0.4, 0.5) is 0 Å². The average molecular weight is 259 g/mol. The van der Waals surface area contributed by atoms with Crippen molar-refractivity contribution >= 4 is 29.1 Å². The van der Waals surface area contributed by atoms with Crippen LogP contribution in [0.15, 0.2) is 18.2 Å². The van der Waals surface area contributed by atoms with E-state index >= 15 is 0 Å². The first-order valence-corrected chi connectivity index (χ1v) is 5.82. The summed E-state index contributed by atoms with van der Waals surface area (Å²) in [7, 11) is 0. The molecule has 86 valence electrons. The van der Waals surface area contributed by atoms with Crippen LogP contribution >= 0.6 is 23.2 Å². The van der Waals surface area contributed by atoms with Crippen LogP contribution in [0.5, 0.6) is 0 Å². The first-order valence-electron chi connectivity index (χ1n) is 5.06. The molecule has 16 heavy (non-hydrogen) atoms. The molecule has 0 spiro atoms. The SMILES string of the molecule is NC1CN(CCc2ccc(Cl)cc2Cl)C1=O. The predicted molar refractivity (Wildman–Crippen MR) is 64.7 cm³/mol. The first kappa shape index (κ1) is 11.7. The molecule has 0 radical (unpaired) electrons. The van der Waals surface area contributed by atoms with E-state index in [2.05, 4.69) is 0 Å². The number of carbonyl (C=O) groups excluding carboxylic acids is 1. The van der Waals surface area contributed by atoms with E-state index in [1.807, 2.05) is 6.07 Å². The molecule has 2 N–H and O–H groups in total. The number of benzene rings is 1. The van der Waals surface area contributed by atoms with E-state index < -0.39 is 0 Å². The highest BCUT2D eigenvalue weighted by Crippen LogP contribution is 2.22. The predicted octanol–water partition coefficient (Wildman–Crippen LogP) is 1.71. The zero-order chi connectivity index (χ0) is 11.7. The topological polar surface area (TPSA) is 46.3 Å². The van der Waals surface area contributed by atoms with Gasteiger partial charge in [-0.1, -0.05) is 29.3 Å². The normalized spacial score (nSPS) is 19.8. The molecule has 0 aliphatic carbocycles. The number of likely N-dealkylation sites (tertiary alicyclic amines) is 1.